The van der Waals surface area contributed by atoms with Gasteiger partial charge in [0.1, 0.15) is 0 Å². The lowest BCUT2D eigenvalue weighted by Gasteiger charge is -2.42. The van der Waals surface area contributed by atoms with Crippen molar-refractivity contribution in [3.05, 3.63) is 0 Å². The SMILES string of the molecule is C1CNCCN1.CC1(C)CNCC(C)(C)N1. The summed E-state index contributed by atoms with van der Waals surface area (Å²) in [5.41, 5.74) is 0.503. The molecule has 4 nitrogen and oxygen atoms in total. The average molecular weight is 228 g/mol. The zero-order valence-corrected chi connectivity index (χ0v) is 11.2. The van der Waals surface area contributed by atoms with E-state index in [1.807, 2.05) is 0 Å². The maximum Gasteiger partial charge on any atom is 0.0255 e. The number of piperazine rings is 2. The quantitative estimate of drug-likeness (QED) is 0.468. The molecule has 0 bridgehead atoms. The van der Waals surface area contributed by atoms with Crippen LogP contribution in [0.25, 0.3) is 0 Å². The monoisotopic (exact) mass is 228 g/mol. The topological polar surface area (TPSA) is 48.1 Å². The molecule has 16 heavy (non-hydrogen) atoms. The molecular weight excluding hydrogens is 200 g/mol. The highest BCUT2D eigenvalue weighted by Gasteiger charge is 2.31. The lowest BCUT2D eigenvalue weighted by atomic mass is 9.93. The Kier molecular flexibility index (Phi) is 5.18. The molecule has 0 atom stereocenters. The average Bonchev–Trinajstić information content (AvgIpc) is 2.17. The van der Waals surface area contributed by atoms with Crippen molar-refractivity contribution in [3.63, 3.8) is 0 Å². The van der Waals surface area contributed by atoms with Crippen LogP contribution >= 0.6 is 0 Å². The normalized spacial score (nSPS) is 27.8. The molecule has 0 aromatic carbocycles. The van der Waals surface area contributed by atoms with E-state index in [4.69, 9.17) is 0 Å². The minimum absolute atomic E-state index is 0.252. The number of nitrogens with one attached hydrogen (secondary N) is 4. The Morgan fingerprint density at radius 2 is 1.00 bits per heavy atom. The standard InChI is InChI=1S/C8H18N2.C4H10N2/c1-7(2)5-9-6-8(3,4)10-7;1-2-6-4-3-5-1/h9-10H,5-6H2,1-4H3;5-6H,1-4H2. The Morgan fingerprint density at radius 3 is 1.19 bits per heavy atom. The summed E-state index contributed by atoms with van der Waals surface area (Å²) in [5.74, 6) is 0. The van der Waals surface area contributed by atoms with Gasteiger partial charge in [-0.3, -0.25) is 0 Å². The molecule has 2 heterocycles. The summed E-state index contributed by atoms with van der Waals surface area (Å²) < 4.78 is 0. The lowest BCUT2D eigenvalue weighted by Crippen LogP contribution is -2.65. The summed E-state index contributed by atoms with van der Waals surface area (Å²) in [5, 5.41) is 13.4. The van der Waals surface area contributed by atoms with Crippen molar-refractivity contribution in [1.82, 2.24) is 21.3 Å². The fourth-order valence-electron chi connectivity index (χ4n) is 2.30. The molecule has 0 spiro atoms. The van der Waals surface area contributed by atoms with Crippen LogP contribution in [0.2, 0.25) is 0 Å². The van der Waals surface area contributed by atoms with E-state index in [0.29, 0.717) is 0 Å². The molecule has 0 amide bonds. The van der Waals surface area contributed by atoms with Gasteiger partial charge in [0.15, 0.2) is 0 Å². The van der Waals surface area contributed by atoms with E-state index in [9.17, 15) is 0 Å². The summed E-state index contributed by atoms with van der Waals surface area (Å²) in [7, 11) is 0. The van der Waals surface area contributed by atoms with Crippen molar-refractivity contribution in [2.75, 3.05) is 39.3 Å². The lowest BCUT2D eigenvalue weighted by molar-refractivity contribution is 0.201. The second-order valence-electron chi connectivity index (χ2n) is 6.00. The van der Waals surface area contributed by atoms with Crippen LogP contribution in [0.3, 0.4) is 0 Å². The molecule has 2 saturated heterocycles. The molecule has 4 N–H and O–H groups in total. The molecule has 0 aromatic rings. The van der Waals surface area contributed by atoms with E-state index >= 15 is 0 Å². The number of hydrogen-bond donors (Lipinski definition) is 4. The first-order chi connectivity index (χ1) is 7.41. The van der Waals surface area contributed by atoms with Crippen molar-refractivity contribution in [3.8, 4) is 0 Å². The molecule has 4 heteroatoms. The van der Waals surface area contributed by atoms with Crippen molar-refractivity contribution in [1.29, 1.82) is 0 Å². The Bertz CT molecular complexity index is 172. The smallest absolute Gasteiger partial charge is 0.0255 e. The van der Waals surface area contributed by atoms with Crippen LogP contribution < -0.4 is 21.3 Å². The van der Waals surface area contributed by atoms with Crippen LogP contribution in [0.5, 0.6) is 0 Å². The van der Waals surface area contributed by atoms with E-state index in [1.54, 1.807) is 0 Å². The van der Waals surface area contributed by atoms with Gasteiger partial charge < -0.3 is 21.3 Å². The van der Waals surface area contributed by atoms with Crippen molar-refractivity contribution in [2.45, 2.75) is 38.8 Å². The third kappa shape index (κ3) is 5.80. The van der Waals surface area contributed by atoms with Gasteiger partial charge in [0, 0.05) is 50.3 Å². The first-order valence-electron chi connectivity index (χ1n) is 6.33. The third-order valence-electron chi connectivity index (χ3n) is 2.77. The highest BCUT2D eigenvalue weighted by atomic mass is 15.1. The molecule has 2 aliphatic rings. The highest BCUT2D eigenvalue weighted by molar-refractivity contribution is 4.95. The highest BCUT2D eigenvalue weighted by Crippen LogP contribution is 2.13. The Morgan fingerprint density at radius 1 is 0.625 bits per heavy atom. The Balaban J connectivity index is 0.000000181. The third-order valence-corrected chi connectivity index (χ3v) is 2.77. The zero-order valence-electron chi connectivity index (χ0n) is 11.2. The van der Waals surface area contributed by atoms with Crippen molar-refractivity contribution < 1.29 is 0 Å². The summed E-state index contributed by atoms with van der Waals surface area (Å²) in [6.07, 6.45) is 0. The van der Waals surface area contributed by atoms with Gasteiger partial charge in [-0.15, -0.1) is 0 Å². The number of rotatable bonds is 0. The van der Waals surface area contributed by atoms with Gasteiger partial charge in [-0.25, -0.2) is 0 Å². The van der Waals surface area contributed by atoms with Crippen LogP contribution in [0.15, 0.2) is 0 Å². The second-order valence-corrected chi connectivity index (χ2v) is 6.00. The van der Waals surface area contributed by atoms with Crippen LogP contribution in [0.1, 0.15) is 27.7 Å². The predicted octanol–water partition coefficient (Wildman–Crippen LogP) is -0.0844. The maximum absolute atomic E-state index is 3.57. The maximum atomic E-state index is 3.57. The summed E-state index contributed by atoms with van der Waals surface area (Å²) >= 11 is 0. The minimum atomic E-state index is 0.252. The molecule has 2 aliphatic heterocycles. The van der Waals surface area contributed by atoms with Gasteiger partial charge in [0.2, 0.25) is 0 Å². The van der Waals surface area contributed by atoms with Gasteiger partial charge >= 0.3 is 0 Å². The Hall–Kier alpha value is -0.160. The first-order valence-corrected chi connectivity index (χ1v) is 6.33. The molecule has 0 aromatic heterocycles. The van der Waals surface area contributed by atoms with Crippen molar-refractivity contribution in [2.24, 2.45) is 0 Å². The molecule has 0 radical (unpaired) electrons. The molecular formula is C12H28N4. The summed E-state index contributed by atoms with van der Waals surface area (Å²) in [6.45, 7) is 15.6. The fraction of sp³-hybridized carbons (Fsp3) is 1.00. The number of hydrogen-bond acceptors (Lipinski definition) is 4. The molecule has 2 fully saturated rings. The Labute approximate surface area is 99.9 Å². The zero-order chi connectivity index (χ0) is 12.1. The second kappa shape index (κ2) is 5.96. The van der Waals surface area contributed by atoms with E-state index < -0.39 is 0 Å². The van der Waals surface area contributed by atoms with Gasteiger partial charge in [0.25, 0.3) is 0 Å². The van der Waals surface area contributed by atoms with Crippen molar-refractivity contribution >= 4 is 0 Å². The molecule has 0 unspecified atom stereocenters. The van der Waals surface area contributed by atoms with Gasteiger partial charge in [-0.05, 0) is 27.7 Å². The van der Waals surface area contributed by atoms with Crippen LogP contribution in [0.4, 0.5) is 0 Å². The van der Waals surface area contributed by atoms with E-state index in [0.717, 1.165) is 39.3 Å². The van der Waals surface area contributed by atoms with E-state index in [1.165, 1.54) is 0 Å². The van der Waals surface area contributed by atoms with Crippen LogP contribution in [0, 0.1) is 0 Å². The molecule has 2 rings (SSSR count). The first kappa shape index (κ1) is 13.9. The van der Waals surface area contributed by atoms with Gasteiger partial charge in [-0.1, -0.05) is 0 Å². The van der Waals surface area contributed by atoms with Crippen LogP contribution in [-0.2, 0) is 0 Å². The molecule has 96 valence electrons. The molecule has 0 aliphatic carbocycles. The summed E-state index contributed by atoms with van der Waals surface area (Å²) in [6, 6.07) is 0. The minimum Gasteiger partial charge on any atom is -0.314 e. The summed E-state index contributed by atoms with van der Waals surface area (Å²) in [4.78, 5) is 0. The predicted molar refractivity (Wildman–Crippen MR) is 69.9 cm³/mol. The van der Waals surface area contributed by atoms with E-state index in [-0.39, 0.29) is 11.1 Å². The van der Waals surface area contributed by atoms with Crippen LogP contribution in [-0.4, -0.2) is 50.3 Å². The van der Waals surface area contributed by atoms with E-state index in [2.05, 4.69) is 49.0 Å². The van der Waals surface area contributed by atoms with Gasteiger partial charge in [0.05, 0.1) is 0 Å². The van der Waals surface area contributed by atoms with Gasteiger partial charge in [-0.2, -0.15) is 0 Å². The fourth-order valence-corrected chi connectivity index (χ4v) is 2.30. The largest absolute Gasteiger partial charge is 0.314 e. The molecule has 0 saturated carbocycles.